The number of nitro benzene ring substituents is 2. The first kappa shape index (κ1) is 31.0. The van der Waals surface area contributed by atoms with Gasteiger partial charge in [0, 0.05) is 55.2 Å². The fourth-order valence-corrected chi connectivity index (χ4v) is 5.03. The molecule has 0 spiro atoms. The summed E-state index contributed by atoms with van der Waals surface area (Å²) in [5.41, 5.74) is 0.923. The summed E-state index contributed by atoms with van der Waals surface area (Å²) in [5, 5.41) is 34.7. The second-order valence-electron chi connectivity index (χ2n) is 9.95. The second kappa shape index (κ2) is 13.8. The lowest BCUT2D eigenvalue weighted by molar-refractivity contribution is -0.385. The lowest BCUT2D eigenvalue weighted by atomic mass is 10.1. The summed E-state index contributed by atoms with van der Waals surface area (Å²) in [6.07, 6.45) is -0.767. The molecule has 0 saturated carbocycles. The molecule has 2 aromatic rings. The van der Waals surface area contributed by atoms with E-state index >= 15 is 0 Å². The van der Waals surface area contributed by atoms with Crippen molar-refractivity contribution in [2.24, 2.45) is 0 Å². The molecule has 17 heteroatoms. The van der Waals surface area contributed by atoms with Crippen LogP contribution >= 0.6 is 12.6 Å². The highest BCUT2D eigenvalue weighted by molar-refractivity contribution is 7.81. The van der Waals surface area contributed by atoms with Crippen LogP contribution in [-0.4, -0.2) is 80.7 Å². The zero-order valence-corrected chi connectivity index (χ0v) is 23.6. The highest BCUT2D eigenvalue weighted by Gasteiger charge is 2.40. The third kappa shape index (κ3) is 8.31. The molecule has 43 heavy (non-hydrogen) atoms. The molecule has 3 amide bonds. The zero-order chi connectivity index (χ0) is 31.1. The van der Waals surface area contributed by atoms with Crippen molar-refractivity contribution < 1.29 is 33.7 Å². The first-order chi connectivity index (χ1) is 20.5. The number of hydrogen-bond donors (Lipinski definition) is 4. The van der Waals surface area contributed by atoms with E-state index in [0.29, 0.717) is 30.5 Å². The van der Waals surface area contributed by atoms with Crippen molar-refractivity contribution in [2.45, 2.75) is 43.4 Å². The molecule has 0 unspecified atom stereocenters. The maximum absolute atomic E-state index is 13.1. The molecular formula is C26H29N7O9S. The van der Waals surface area contributed by atoms with Crippen LogP contribution in [0.3, 0.4) is 0 Å². The van der Waals surface area contributed by atoms with Gasteiger partial charge in [0.2, 0.25) is 11.9 Å². The normalized spacial score (nSPS) is 19.4. The minimum Gasteiger partial charge on any atom is -0.445 e. The number of likely N-dealkylation sites (tertiary alicyclic amines) is 2. The fourth-order valence-electron chi connectivity index (χ4n) is 4.66. The van der Waals surface area contributed by atoms with Gasteiger partial charge in [0.05, 0.1) is 9.85 Å². The number of benzene rings is 2. The number of non-ortho nitro benzene ring substituents is 2. The number of nitrogens with zero attached hydrogens (tertiary/aromatic N) is 4. The van der Waals surface area contributed by atoms with Crippen molar-refractivity contribution in [1.29, 1.82) is 5.41 Å². The van der Waals surface area contributed by atoms with E-state index in [1.54, 1.807) is 4.90 Å². The number of carbonyl (C=O) groups excluding carboxylic acids is 3. The number of nitrogens with one attached hydrogen (secondary N) is 3. The van der Waals surface area contributed by atoms with E-state index in [0.717, 1.165) is 0 Å². The average molecular weight is 616 g/mol. The predicted molar refractivity (Wildman–Crippen MR) is 153 cm³/mol. The third-order valence-corrected chi connectivity index (χ3v) is 7.29. The average Bonchev–Trinajstić information content (AvgIpc) is 3.62. The van der Waals surface area contributed by atoms with E-state index in [1.807, 2.05) is 0 Å². The van der Waals surface area contributed by atoms with Crippen molar-refractivity contribution in [3.63, 3.8) is 0 Å². The Kier molecular flexibility index (Phi) is 9.97. The summed E-state index contributed by atoms with van der Waals surface area (Å²) < 4.78 is 10.4. The minimum absolute atomic E-state index is 0.0831. The quantitative estimate of drug-likeness (QED) is 0.112. The second-order valence-corrected chi connectivity index (χ2v) is 10.7. The smallest absolute Gasteiger partial charge is 0.414 e. The predicted octanol–water partition coefficient (Wildman–Crippen LogP) is 2.56. The lowest BCUT2D eigenvalue weighted by Gasteiger charge is -2.25. The van der Waals surface area contributed by atoms with E-state index in [9.17, 15) is 34.6 Å². The van der Waals surface area contributed by atoms with Crippen LogP contribution in [-0.2, 0) is 27.5 Å². The van der Waals surface area contributed by atoms with Crippen molar-refractivity contribution >= 4 is 48.1 Å². The Balaban J connectivity index is 1.21. The largest absolute Gasteiger partial charge is 0.445 e. The van der Waals surface area contributed by atoms with Crippen molar-refractivity contribution in [3.05, 3.63) is 79.9 Å². The van der Waals surface area contributed by atoms with Gasteiger partial charge in [-0.2, -0.15) is 12.6 Å². The van der Waals surface area contributed by atoms with Crippen LogP contribution in [0.5, 0.6) is 0 Å². The first-order valence-corrected chi connectivity index (χ1v) is 13.7. The Labute approximate surface area is 250 Å². The van der Waals surface area contributed by atoms with Crippen LogP contribution in [0, 0.1) is 25.6 Å². The highest BCUT2D eigenvalue weighted by Crippen LogP contribution is 2.24. The lowest BCUT2D eigenvalue weighted by Crippen LogP contribution is -2.50. The van der Waals surface area contributed by atoms with Crippen LogP contribution in [0.2, 0.25) is 0 Å². The van der Waals surface area contributed by atoms with Crippen LogP contribution in [0.15, 0.2) is 48.5 Å². The molecule has 0 bridgehead atoms. The molecule has 2 aliphatic rings. The first-order valence-electron chi connectivity index (χ1n) is 13.2. The van der Waals surface area contributed by atoms with Gasteiger partial charge in [-0.15, -0.1) is 0 Å². The van der Waals surface area contributed by atoms with Gasteiger partial charge in [-0.05, 0) is 48.2 Å². The van der Waals surface area contributed by atoms with Gasteiger partial charge in [0.25, 0.3) is 11.4 Å². The van der Waals surface area contributed by atoms with Gasteiger partial charge < -0.3 is 19.7 Å². The molecule has 3 atom stereocenters. The molecule has 16 nitrogen and oxygen atoms in total. The Morgan fingerprint density at radius 3 is 2.05 bits per heavy atom. The maximum atomic E-state index is 13.1. The fraction of sp³-hybridized carbons (Fsp3) is 0.385. The maximum Gasteiger partial charge on any atom is 0.414 e. The number of rotatable bonds is 8. The number of amides is 3. The topological polar surface area (TPSA) is 210 Å². The minimum atomic E-state index is -0.871. The Morgan fingerprint density at radius 1 is 0.930 bits per heavy atom. The Bertz CT molecular complexity index is 1390. The summed E-state index contributed by atoms with van der Waals surface area (Å²) >= 11 is 4.43. The number of ether oxygens (including phenoxy) is 2. The molecule has 3 N–H and O–H groups in total. The number of alkyl carbamates (subject to hydrolysis) is 1. The van der Waals surface area contributed by atoms with Crippen LogP contribution < -0.4 is 10.6 Å². The number of nitro groups is 2. The molecule has 228 valence electrons. The summed E-state index contributed by atoms with van der Waals surface area (Å²) in [7, 11) is 0. The van der Waals surface area contributed by atoms with E-state index in [4.69, 9.17) is 14.9 Å². The molecule has 4 rings (SSSR count). The molecule has 2 aromatic carbocycles. The number of hydrogen-bond acceptors (Lipinski definition) is 11. The van der Waals surface area contributed by atoms with Gasteiger partial charge in [0.1, 0.15) is 19.3 Å². The Morgan fingerprint density at radius 2 is 1.49 bits per heavy atom. The molecule has 0 aromatic heterocycles. The molecule has 0 aliphatic carbocycles. The van der Waals surface area contributed by atoms with Crippen molar-refractivity contribution in [1.82, 2.24) is 20.4 Å². The molecule has 0 radical (unpaired) electrons. The van der Waals surface area contributed by atoms with Crippen molar-refractivity contribution in [2.75, 3.05) is 19.6 Å². The van der Waals surface area contributed by atoms with E-state index < -0.39 is 34.0 Å². The number of guanidine groups is 1. The zero-order valence-electron chi connectivity index (χ0n) is 22.7. The van der Waals surface area contributed by atoms with Gasteiger partial charge >= 0.3 is 12.2 Å². The number of thiol groups is 1. The third-order valence-electron chi connectivity index (χ3n) is 6.91. The standard InChI is InChI=1S/C26H29N7O9S/c27-24(29-25(35)41-14-16-1-5-19(6-2-16)32(37)38)30-10-9-18(12-30)28-23(34)22-11-21(43)13-31(22)26(36)42-15-17-3-7-20(8-4-17)33(39)40/h1-8,18,21-22,43H,9-15H2,(H,28,34)(H2,27,29,35)/t18-,21+,22+/m1/s1. The van der Waals surface area contributed by atoms with Gasteiger partial charge in [-0.3, -0.25) is 40.6 Å². The van der Waals surface area contributed by atoms with Crippen LogP contribution in [0.25, 0.3) is 0 Å². The molecule has 2 aliphatic heterocycles. The summed E-state index contributed by atoms with van der Waals surface area (Å²) in [5.74, 6) is -0.601. The molecular weight excluding hydrogens is 586 g/mol. The van der Waals surface area contributed by atoms with E-state index in [2.05, 4.69) is 23.3 Å². The van der Waals surface area contributed by atoms with Gasteiger partial charge in [0.15, 0.2) is 0 Å². The SMILES string of the molecule is N=C(NC(=O)OCc1ccc([N+](=O)[O-])cc1)N1CC[C@@H](NC(=O)[C@@H]2C[C@H](S)CN2C(=O)OCc2ccc([N+](=O)[O-])cc2)C1. The van der Waals surface area contributed by atoms with E-state index in [1.165, 1.54) is 53.4 Å². The monoisotopic (exact) mass is 615 g/mol. The van der Waals surface area contributed by atoms with Gasteiger partial charge in [-0.1, -0.05) is 0 Å². The summed E-state index contributed by atoms with van der Waals surface area (Å²) in [6, 6.07) is 9.95. The van der Waals surface area contributed by atoms with Crippen molar-refractivity contribution in [3.8, 4) is 0 Å². The van der Waals surface area contributed by atoms with Crippen LogP contribution in [0.1, 0.15) is 24.0 Å². The van der Waals surface area contributed by atoms with Gasteiger partial charge in [-0.25, -0.2) is 9.59 Å². The molecule has 2 fully saturated rings. The molecule has 2 saturated heterocycles. The van der Waals surface area contributed by atoms with Crippen LogP contribution in [0.4, 0.5) is 21.0 Å². The highest BCUT2D eigenvalue weighted by atomic mass is 32.1. The number of carbonyl (C=O) groups is 3. The molecule has 2 heterocycles. The Hall–Kier alpha value is -4.93. The van der Waals surface area contributed by atoms with E-state index in [-0.39, 0.29) is 54.9 Å². The summed E-state index contributed by atoms with van der Waals surface area (Å²) in [4.78, 5) is 61.4. The summed E-state index contributed by atoms with van der Waals surface area (Å²) in [6.45, 7) is 0.563.